The summed E-state index contributed by atoms with van der Waals surface area (Å²) in [6.07, 6.45) is 2.44. The minimum Gasteiger partial charge on any atom is -0.328 e. The van der Waals surface area contributed by atoms with Crippen LogP contribution in [0.4, 0.5) is 4.79 Å². The van der Waals surface area contributed by atoms with E-state index in [1.54, 1.807) is 15.8 Å². The molecule has 0 aliphatic heterocycles. The van der Waals surface area contributed by atoms with Crippen LogP contribution in [-0.2, 0) is 13.5 Å². The maximum Gasteiger partial charge on any atom is 0.317 e. The molecule has 2 aromatic carbocycles. The minimum absolute atomic E-state index is 0.115. The summed E-state index contributed by atoms with van der Waals surface area (Å²) in [4.78, 5) is 14.1. The van der Waals surface area contributed by atoms with E-state index in [0.29, 0.717) is 6.54 Å². The van der Waals surface area contributed by atoms with Crippen LogP contribution < -0.4 is 5.32 Å². The Hall–Kier alpha value is -2.89. The number of aromatic nitrogens is 3. The van der Waals surface area contributed by atoms with Crippen molar-refractivity contribution in [3.63, 3.8) is 0 Å². The number of aryl methyl sites for hydroxylation is 1. The highest BCUT2D eigenvalue weighted by atomic mass is 16.2. The molecule has 0 fully saturated rings. The molecule has 1 heterocycles. The fourth-order valence-corrected chi connectivity index (χ4v) is 2.94. The zero-order valence-corrected chi connectivity index (χ0v) is 14.8. The summed E-state index contributed by atoms with van der Waals surface area (Å²) in [7, 11) is 3.67. The molecule has 0 bridgehead atoms. The predicted molar refractivity (Wildman–Crippen MR) is 98.2 cm³/mol. The fraction of sp³-hybridized carbons (Fsp3) is 0.316. The van der Waals surface area contributed by atoms with Crippen molar-refractivity contribution < 1.29 is 4.79 Å². The summed E-state index contributed by atoms with van der Waals surface area (Å²) in [5, 5.41) is 13.3. The van der Waals surface area contributed by atoms with Gasteiger partial charge in [0.25, 0.3) is 0 Å². The number of amides is 2. The van der Waals surface area contributed by atoms with Crippen molar-refractivity contribution in [1.29, 1.82) is 0 Å². The maximum absolute atomic E-state index is 12.4. The third-order valence-electron chi connectivity index (χ3n) is 4.42. The van der Waals surface area contributed by atoms with E-state index in [4.69, 9.17) is 0 Å². The largest absolute Gasteiger partial charge is 0.328 e. The molecule has 0 spiro atoms. The van der Waals surface area contributed by atoms with Gasteiger partial charge in [-0.05, 0) is 29.7 Å². The second-order valence-corrected chi connectivity index (χ2v) is 6.28. The maximum atomic E-state index is 12.4. The van der Waals surface area contributed by atoms with Gasteiger partial charge >= 0.3 is 6.03 Å². The van der Waals surface area contributed by atoms with Gasteiger partial charge in [0.2, 0.25) is 0 Å². The Morgan fingerprint density at radius 2 is 2.00 bits per heavy atom. The summed E-state index contributed by atoms with van der Waals surface area (Å²) >= 11 is 0. The number of hydrogen-bond donors (Lipinski definition) is 1. The zero-order chi connectivity index (χ0) is 17.8. The second-order valence-electron chi connectivity index (χ2n) is 6.28. The molecule has 2 amide bonds. The molecule has 0 aliphatic carbocycles. The van der Waals surface area contributed by atoms with Gasteiger partial charge in [0, 0.05) is 20.6 Å². The first-order chi connectivity index (χ1) is 12.1. The summed E-state index contributed by atoms with van der Waals surface area (Å²) < 4.78 is 1.81. The Bertz CT molecular complexity index is 868. The van der Waals surface area contributed by atoms with E-state index >= 15 is 0 Å². The number of hydrogen-bond acceptors (Lipinski definition) is 3. The predicted octanol–water partition coefficient (Wildman–Crippen LogP) is 2.91. The quantitative estimate of drug-likeness (QED) is 0.778. The topological polar surface area (TPSA) is 63.1 Å². The number of fused-ring (bicyclic) bond motifs is 1. The number of benzene rings is 2. The molecular formula is C19H23N5O. The van der Waals surface area contributed by atoms with E-state index in [2.05, 4.69) is 45.8 Å². The van der Waals surface area contributed by atoms with E-state index in [-0.39, 0.29) is 12.1 Å². The van der Waals surface area contributed by atoms with Gasteiger partial charge < -0.3 is 14.8 Å². The van der Waals surface area contributed by atoms with Gasteiger partial charge in [-0.15, -0.1) is 10.2 Å². The summed E-state index contributed by atoms with van der Waals surface area (Å²) in [6.45, 7) is 2.55. The number of nitrogens with zero attached hydrogens (tertiary/aromatic N) is 4. The lowest BCUT2D eigenvalue weighted by Gasteiger charge is -2.21. The van der Waals surface area contributed by atoms with E-state index in [0.717, 1.165) is 12.2 Å². The molecule has 1 N–H and O–H groups in total. The Balaban J connectivity index is 1.61. The molecule has 130 valence electrons. The molecular weight excluding hydrogens is 314 g/mol. The van der Waals surface area contributed by atoms with Crippen molar-refractivity contribution in [1.82, 2.24) is 25.0 Å². The van der Waals surface area contributed by atoms with Gasteiger partial charge in [0.05, 0.1) is 6.04 Å². The lowest BCUT2D eigenvalue weighted by atomic mass is 10.0. The highest BCUT2D eigenvalue weighted by molar-refractivity contribution is 5.85. The highest BCUT2D eigenvalue weighted by Crippen LogP contribution is 2.19. The van der Waals surface area contributed by atoms with Crippen LogP contribution >= 0.6 is 0 Å². The second kappa shape index (κ2) is 7.34. The zero-order valence-electron chi connectivity index (χ0n) is 14.8. The monoisotopic (exact) mass is 337 g/mol. The Kier molecular flexibility index (Phi) is 4.97. The lowest BCUT2D eigenvalue weighted by Crippen LogP contribution is -2.40. The van der Waals surface area contributed by atoms with Crippen LogP contribution in [0.3, 0.4) is 0 Å². The fourth-order valence-electron chi connectivity index (χ4n) is 2.94. The van der Waals surface area contributed by atoms with Crippen LogP contribution in [0.2, 0.25) is 0 Å². The number of nitrogens with one attached hydrogen (secondary N) is 1. The molecule has 0 radical (unpaired) electrons. The van der Waals surface area contributed by atoms with Gasteiger partial charge in [0.15, 0.2) is 5.82 Å². The van der Waals surface area contributed by atoms with Crippen molar-refractivity contribution in [2.24, 2.45) is 7.05 Å². The van der Waals surface area contributed by atoms with Crippen LogP contribution in [0.15, 0.2) is 48.8 Å². The number of rotatable bonds is 5. The Morgan fingerprint density at radius 1 is 1.24 bits per heavy atom. The number of likely N-dealkylation sites (N-methyl/N-ethyl adjacent to an activating group) is 1. The average molecular weight is 337 g/mol. The minimum atomic E-state index is -0.194. The van der Waals surface area contributed by atoms with Crippen molar-refractivity contribution in [3.05, 3.63) is 60.2 Å². The number of urea groups is 1. The van der Waals surface area contributed by atoms with Crippen LogP contribution in [0, 0.1) is 0 Å². The van der Waals surface area contributed by atoms with Crippen molar-refractivity contribution in [3.8, 4) is 0 Å². The molecule has 3 rings (SSSR count). The standard InChI is InChI=1S/C19H23N5O/c1-14(18-22-20-13-24(18)3)21-19(25)23(2)12-11-16-9-6-8-15-7-4-5-10-17(15)16/h4-10,13-14H,11-12H2,1-3H3,(H,21,25). The smallest absolute Gasteiger partial charge is 0.317 e. The molecule has 6 nitrogen and oxygen atoms in total. The first-order valence-corrected chi connectivity index (χ1v) is 8.38. The van der Waals surface area contributed by atoms with E-state index in [1.165, 1.54) is 16.3 Å². The molecule has 0 saturated heterocycles. The normalized spacial score (nSPS) is 12.1. The summed E-state index contributed by atoms with van der Waals surface area (Å²) in [5.41, 5.74) is 1.25. The first kappa shape index (κ1) is 17.0. The van der Waals surface area contributed by atoms with Crippen LogP contribution in [-0.4, -0.2) is 39.3 Å². The van der Waals surface area contributed by atoms with Gasteiger partial charge in [-0.3, -0.25) is 0 Å². The third kappa shape index (κ3) is 3.79. The molecule has 3 aromatic rings. The summed E-state index contributed by atoms with van der Waals surface area (Å²) in [6, 6.07) is 14.3. The molecule has 6 heteroatoms. The van der Waals surface area contributed by atoms with E-state index < -0.39 is 0 Å². The summed E-state index contributed by atoms with van der Waals surface area (Å²) in [5.74, 6) is 0.732. The highest BCUT2D eigenvalue weighted by Gasteiger charge is 2.16. The Morgan fingerprint density at radius 3 is 2.76 bits per heavy atom. The molecule has 1 unspecified atom stereocenters. The van der Waals surface area contributed by atoms with E-state index in [1.807, 2.05) is 33.2 Å². The van der Waals surface area contributed by atoms with Gasteiger partial charge in [0.1, 0.15) is 6.33 Å². The van der Waals surface area contributed by atoms with Gasteiger partial charge in [-0.25, -0.2) is 4.79 Å². The Labute approximate surface area is 147 Å². The third-order valence-corrected chi connectivity index (χ3v) is 4.42. The molecule has 0 aliphatic rings. The van der Waals surface area contributed by atoms with Crippen molar-refractivity contribution in [2.45, 2.75) is 19.4 Å². The van der Waals surface area contributed by atoms with Gasteiger partial charge in [-0.1, -0.05) is 42.5 Å². The van der Waals surface area contributed by atoms with Crippen LogP contribution in [0.5, 0.6) is 0 Å². The number of carbonyl (C=O) groups is 1. The molecule has 0 saturated carbocycles. The van der Waals surface area contributed by atoms with Gasteiger partial charge in [-0.2, -0.15) is 0 Å². The molecule has 25 heavy (non-hydrogen) atoms. The van der Waals surface area contributed by atoms with E-state index in [9.17, 15) is 4.79 Å². The molecule has 1 atom stereocenters. The lowest BCUT2D eigenvalue weighted by molar-refractivity contribution is 0.205. The average Bonchev–Trinajstić information content (AvgIpc) is 3.05. The van der Waals surface area contributed by atoms with Crippen molar-refractivity contribution in [2.75, 3.05) is 13.6 Å². The van der Waals surface area contributed by atoms with Crippen LogP contribution in [0.25, 0.3) is 10.8 Å². The first-order valence-electron chi connectivity index (χ1n) is 8.38. The SMILES string of the molecule is CC(NC(=O)N(C)CCc1cccc2ccccc12)c1nncn1C. The molecule has 1 aromatic heterocycles. The van der Waals surface area contributed by atoms with Crippen LogP contribution in [0.1, 0.15) is 24.4 Å². The number of carbonyl (C=O) groups excluding carboxylic acids is 1. The van der Waals surface area contributed by atoms with Crippen molar-refractivity contribution >= 4 is 16.8 Å².